The molecule has 3 rings (SSSR count). The van der Waals surface area contributed by atoms with Gasteiger partial charge in [-0.2, -0.15) is 0 Å². The van der Waals surface area contributed by atoms with Crippen LogP contribution in [0.4, 0.5) is 4.79 Å². The Balaban J connectivity index is 1.66. The second kappa shape index (κ2) is 7.77. The monoisotopic (exact) mass is 333 g/mol. The number of carbonyl (C=O) groups is 1. The minimum absolute atomic E-state index is 0.0891. The summed E-state index contributed by atoms with van der Waals surface area (Å²) in [7, 11) is 1.68. The number of benzene rings is 1. The standard InChI is InChI=1S/C19H27NO4/c1-23-17-11-8-14(12-18(17)24-16-4-2-3-5-16)13-6-9-15(10-7-13)20-19(21)22/h8,11-13,15-16,20H,2-7,9-10H2,1H3,(H,21,22). The molecule has 5 nitrogen and oxygen atoms in total. The Morgan fingerprint density at radius 3 is 2.42 bits per heavy atom. The maximum atomic E-state index is 10.8. The summed E-state index contributed by atoms with van der Waals surface area (Å²) < 4.78 is 11.6. The van der Waals surface area contributed by atoms with Gasteiger partial charge in [-0.1, -0.05) is 6.07 Å². The van der Waals surface area contributed by atoms with Crippen molar-refractivity contribution in [2.45, 2.75) is 69.4 Å². The van der Waals surface area contributed by atoms with Gasteiger partial charge in [0, 0.05) is 6.04 Å². The zero-order chi connectivity index (χ0) is 16.9. The van der Waals surface area contributed by atoms with E-state index in [1.54, 1.807) is 7.11 Å². The van der Waals surface area contributed by atoms with Gasteiger partial charge in [0.1, 0.15) is 0 Å². The highest BCUT2D eigenvalue weighted by Gasteiger charge is 2.25. The van der Waals surface area contributed by atoms with E-state index in [-0.39, 0.29) is 6.04 Å². The van der Waals surface area contributed by atoms with E-state index in [1.807, 2.05) is 6.07 Å². The quantitative estimate of drug-likeness (QED) is 0.842. The molecule has 0 unspecified atom stereocenters. The molecule has 2 N–H and O–H groups in total. The van der Waals surface area contributed by atoms with Crippen molar-refractivity contribution in [1.29, 1.82) is 0 Å². The van der Waals surface area contributed by atoms with Gasteiger partial charge in [-0.3, -0.25) is 0 Å². The van der Waals surface area contributed by atoms with E-state index in [4.69, 9.17) is 14.6 Å². The normalized spacial score (nSPS) is 24.5. The molecule has 5 heteroatoms. The average Bonchev–Trinajstić information content (AvgIpc) is 3.08. The van der Waals surface area contributed by atoms with Gasteiger partial charge in [0.25, 0.3) is 0 Å². The summed E-state index contributed by atoms with van der Waals surface area (Å²) in [4.78, 5) is 10.8. The molecular formula is C19H27NO4. The Hall–Kier alpha value is -1.91. The minimum atomic E-state index is -0.921. The molecule has 2 fully saturated rings. The fourth-order valence-corrected chi connectivity index (χ4v) is 3.97. The average molecular weight is 333 g/mol. The van der Waals surface area contributed by atoms with Gasteiger partial charge in [-0.05, 0) is 75.0 Å². The Morgan fingerprint density at radius 2 is 1.79 bits per heavy atom. The lowest BCUT2D eigenvalue weighted by molar-refractivity contribution is 0.185. The first kappa shape index (κ1) is 16.9. The fraction of sp³-hybridized carbons (Fsp3) is 0.632. The molecule has 0 heterocycles. The van der Waals surface area contributed by atoms with E-state index in [0.717, 1.165) is 50.0 Å². The van der Waals surface area contributed by atoms with E-state index < -0.39 is 6.09 Å². The first-order valence-electron chi connectivity index (χ1n) is 8.99. The number of amides is 1. The topological polar surface area (TPSA) is 67.8 Å². The Bertz CT molecular complexity index is 560. The zero-order valence-corrected chi connectivity index (χ0v) is 14.3. The summed E-state index contributed by atoms with van der Waals surface area (Å²) >= 11 is 0. The first-order valence-corrected chi connectivity index (χ1v) is 8.99. The Kier molecular flexibility index (Phi) is 5.48. The van der Waals surface area contributed by atoms with Crippen molar-refractivity contribution in [1.82, 2.24) is 5.32 Å². The SMILES string of the molecule is COc1ccc(C2CCC(NC(=O)O)CC2)cc1OC1CCCC1. The fourth-order valence-electron chi connectivity index (χ4n) is 3.97. The van der Waals surface area contributed by atoms with Crippen molar-refractivity contribution in [2.75, 3.05) is 7.11 Å². The second-order valence-corrected chi connectivity index (χ2v) is 6.93. The summed E-state index contributed by atoms with van der Waals surface area (Å²) in [6.07, 6.45) is 7.91. The molecule has 2 aliphatic rings. The highest BCUT2D eigenvalue weighted by Crippen LogP contribution is 2.38. The van der Waals surface area contributed by atoms with Crippen molar-refractivity contribution < 1.29 is 19.4 Å². The molecule has 1 aromatic rings. The number of methoxy groups -OCH3 is 1. The van der Waals surface area contributed by atoms with Gasteiger partial charge >= 0.3 is 6.09 Å². The van der Waals surface area contributed by atoms with Crippen LogP contribution in [0, 0.1) is 0 Å². The molecule has 0 spiro atoms. The number of nitrogens with one attached hydrogen (secondary N) is 1. The highest BCUT2D eigenvalue weighted by atomic mass is 16.5. The van der Waals surface area contributed by atoms with Crippen molar-refractivity contribution in [3.8, 4) is 11.5 Å². The number of hydrogen-bond acceptors (Lipinski definition) is 3. The molecule has 2 saturated carbocycles. The van der Waals surface area contributed by atoms with Crippen LogP contribution in [0.3, 0.4) is 0 Å². The number of rotatable bonds is 5. The van der Waals surface area contributed by atoms with E-state index >= 15 is 0 Å². The molecular weight excluding hydrogens is 306 g/mol. The van der Waals surface area contributed by atoms with Crippen LogP contribution in [-0.2, 0) is 0 Å². The number of ether oxygens (including phenoxy) is 2. The Labute approximate surface area is 143 Å². The summed E-state index contributed by atoms with van der Waals surface area (Å²) in [5.41, 5.74) is 1.28. The van der Waals surface area contributed by atoms with Crippen LogP contribution in [0.15, 0.2) is 18.2 Å². The summed E-state index contributed by atoms with van der Waals surface area (Å²) in [5, 5.41) is 11.4. The summed E-state index contributed by atoms with van der Waals surface area (Å²) in [6.45, 7) is 0. The first-order chi connectivity index (χ1) is 11.7. The van der Waals surface area contributed by atoms with Gasteiger partial charge in [-0.25, -0.2) is 4.79 Å². The molecule has 1 amide bonds. The predicted molar refractivity (Wildman–Crippen MR) is 92.0 cm³/mol. The molecule has 0 atom stereocenters. The molecule has 132 valence electrons. The lowest BCUT2D eigenvalue weighted by Crippen LogP contribution is -2.36. The van der Waals surface area contributed by atoms with Crippen molar-refractivity contribution >= 4 is 6.09 Å². The van der Waals surface area contributed by atoms with Crippen LogP contribution < -0.4 is 14.8 Å². The molecule has 2 aliphatic carbocycles. The number of carboxylic acid groups (broad SMARTS) is 1. The number of hydrogen-bond donors (Lipinski definition) is 2. The lowest BCUT2D eigenvalue weighted by Gasteiger charge is -2.29. The van der Waals surface area contributed by atoms with Crippen LogP contribution >= 0.6 is 0 Å². The molecule has 1 aromatic carbocycles. The molecule has 0 radical (unpaired) electrons. The van der Waals surface area contributed by atoms with E-state index in [0.29, 0.717) is 12.0 Å². The van der Waals surface area contributed by atoms with Crippen LogP contribution in [0.5, 0.6) is 11.5 Å². The molecule has 0 saturated heterocycles. The Morgan fingerprint density at radius 1 is 1.08 bits per heavy atom. The van der Waals surface area contributed by atoms with Crippen molar-refractivity contribution in [3.63, 3.8) is 0 Å². The van der Waals surface area contributed by atoms with Gasteiger partial charge in [0.05, 0.1) is 13.2 Å². The van der Waals surface area contributed by atoms with Gasteiger partial charge in [0.15, 0.2) is 11.5 Å². The predicted octanol–water partition coefficient (Wildman–Crippen LogP) is 4.31. The molecule has 0 aromatic heterocycles. The van der Waals surface area contributed by atoms with Crippen molar-refractivity contribution in [2.24, 2.45) is 0 Å². The van der Waals surface area contributed by atoms with Crippen LogP contribution in [-0.4, -0.2) is 30.5 Å². The lowest BCUT2D eigenvalue weighted by atomic mass is 9.81. The van der Waals surface area contributed by atoms with E-state index in [2.05, 4.69) is 17.4 Å². The third-order valence-electron chi connectivity index (χ3n) is 5.31. The van der Waals surface area contributed by atoms with Gasteiger partial charge in [0.2, 0.25) is 0 Å². The molecule has 0 aliphatic heterocycles. The van der Waals surface area contributed by atoms with Crippen LogP contribution in [0.1, 0.15) is 62.8 Å². The van der Waals surface area contributed by atoms with Gasteiger partial charge in [-0.15, -0.1) is 0 Å². The highest BCUT2D eigenvalue weighted by molar-refractivity contribution is 5.64. The van der Waals surface area contributed by atoms with Gasteiger partial charge < -0.3 is 19.9 Å². The maximum absolute atomic E-state index is 10.8. The molecule has 0 bridgehead atoms. The van der Waals surface area contributed by atoms with E-state index in [1.165, 1.54) is 18.4 Å². The second-order valence-electron chi connectivity index (χ2n) is 6.93. The van der Waals surface area contributed by atoms with Crippen LogP contribution in [0.25, 0.3) is 0 Å². The largest absolute Gasteiger partial charge is 0.493 e. The van der Waals surface area contributed by atoms with Crippen LogP contribution in [0.2, 0.25) is 0 Å². The smallest absolute Gasteiger partial charge is 0.404 e. The minimum Gasteiger partial charge on any atom is -0.493 e. The van der Waals surface area contributed by atoms with E-state index in [9.17, 15) is 4.79 Å². The van der Waals surface area contributed by atoms with Crippen molar-refractivity contribution in [3.05, 3.63) is 23.8 Å². The summed E-state index contributed by atoms with van der Waals surface area (Å²) in [6, 6.07) is 6.34. The third-order valence-corrected chi connectivity index (χ3v) is 5.31. The zero-order valence-electron chi connectivity index (χ0n) is 14.3. The summed E-state index contributed by atoms with van der Waals surface area (Å²) in [5.74, 6) is 2.12. The third kappa shape index (κ3) is 4.13. The molecule has 24 heavy (non-hydrogen) atoms. The maximum Gasteiger partial charge on any atom is 0.404 e.